The van der Waals surface area contributed by atoms with E-state index < -0.39 is 13.2 Å². The fourth-order valence-electron chi connectivity index (χ4n) is 9.47. The topological polar surface area (TPSA) is 163 Å². The quantitative estimate of drug-likeness (QED) is 0.0785. The Kier molecular flexibility index (Phi) is 12.7. The fraction of sp³-hybridized carbons (Fsp3) is 0.404. The number of pyridine rings is 1. The van der Waals surface area contributed by atoms with Crippen molar-refractivity contribution in [3.63, 3.8) is 0 Å². The van der Waals surface area contributed by atoms with Gasteiger partial charge in [0.15, 0.2) is 0 Å². The molecule has 3 N–H and O–H groups in total. The van der Waals surface area contributed by atoms with Gasteiger partial charge in [-0.05, 0) is 96.8 Å². The molecule has 334 valence electrons. The summed E-state index contributed by atoms with van der Waals surface area (Å²) in [7, 11) is -1.01. The third-order valence-electron chi connectivity index (χ3n) is 12.9. The van der Waals surface area contributed by atoms with Gasteiger partial charge in [0, 0.05) is 98.5 Å². The molecule has 0 spiro atoms. The van der Waals surface area contributed by atoms with Crippen molar-refractivity contribution >= 4 is 90.8 Å². The second-order valence-corrected chi connectivity index (χ2v) is 21.4. The molecule has 6 aromatic rings. The van der Waals surface area contributed by atoms with Crippen LogP contribution in [0.1, 0.15) is 49.8 Å². The molecule has 6 heterocycles. The highest BCUT2D eigenvalue weighted by atomic mass is 79.9. The van der Waals surface area contributed by atoms with Crippen molar-refractivity contribution < 1.29 is 18.9 Å². The van der Waals surface area contributed by atoms with Crippen LogP contribution < -0.4 is 30.9 Å². The number of rotatable bonds is 13. The zero-order valence-electron chi connectivity index (χ0n) is 36.8. The number of carbonyl (C=O) groups excluding carboxylic acids is 2. The number of para-hydroxylation sites is 1. The molecule has 64 heavy (non-hydrogen) atoms. The molecule has 0 radical (unpaired) electrons. The number of ether oxygens (including phenoxy) is 1. The lowest BCUT2D eigenvalue weighted by molar-refractivity contribution is -0.135. The number of hydrogen-bond donors (Lipinski definition) is 3. The van der Waals surface area contributed by atoms with Gasteiger partial charge in [0.2, 0.25) is 11.9 Å². The predicted molar refractivity (Wildman–Crippen MR) is 258 cm³/mol. The third kappa shape index (κ3) is 9.37. The van der Waals surface area contributed by atoms with E-state index >= 15 is 0 Å². The van der Waals surface area contributed by atoms with Crippen molar-refractivity contribution in [2.75, 3.05) is 81.8 Å². The number of piperidine rings is 2. The minimum absolute atomic E-state index is 0.218. The molecule has 9 rings (SSSR count). The van der Waals surface area contributed by atoms with Gasteiger partial charge in [-0.25, -0.2) is 4.98 Å². The van der Waals surface area contributed by atoms with Crippen molar-refractivity contribution in [1.29, 1.82) is 0 Å². The van der Waals surface area contributed by atoms with Gasteiger partial charge in [0.1, 0.15) is 24.8 Å². The number of amides is 2. The molecule has 0 aliphatic carbocycles. The minimum Gasteiger partial charge on any atom is -0.494 e. The Labute approximate surface area is 381 Å². The Morgan fingerprint density at radius 1 is 0.906 bits per heavy atom. The van der Waals surface area contributed by atoms with Crippen LogP contribution in [0.5, 0.6) is 5.75 Å². The minimum atomic E-state index is -2.71. The smallest absolute Gasteiger partial charge is 0.251 e. The largest absolute Gasteiger partial charge is 0.494 e. The Balaban J connectivity index is 0.796. The van der Waals surface area contributed by atoms with E-state index in [4.69, 9.17) is 9.72 Å². The molecular weight excluding hydrogens is 893 g/mol. The molecule has 0 bridgehead atoms. The van der Waals surface area contributed by atoms with Crippen LogP contribution in [-0.2, 0) is 27.0 Å². The van der Waals surface area contributed by atoms with Crippen LogP contribution in [0.2, 0.25) is 0 Å². The van der Waals surface area contributed by atoms with Crippen LogP contribution in [0.3, 0.4) is 0 Å². The molecule has 0 saturated carbocycles. The lowest BCUT2D eigenvalue weighted by atomic mass is 9.99. The van der Waals surface area contributed by atoms with Crippen LogP contribution in [0.15, 0.2) is 77.7 Å². The highest BCUT2D eigenvalue weighted by molar-refractivity contribution is 9.10. The summed E-state index contributed by atoms with van der Waals surface area (Å²) < 4.78 is 21.9. The molecule has 15 nitrogen and oxygen atoms in total. The standard InChI is InChI=1S/C47H55BrN11O4P/c1-5-31-25-38(52-47-50-27-35(48)45(54-47)51-39-28-49-37-9-7-6-8-34(37)44(39)64(3,4)62)42(63-2)26-41(31)58-18-15-33(16-19-58)57-22-20-56(21-23-57)17-14-30-10-11-36-32(24-30)29-59(55-36)40-12-13-43(60)53-46(40)61/h6-11,24-29,33,40H,5,12-23H2,1-4H3,(H,53,60,61)(H2,50,51,52,54). The van der Waals surface area contributed by atoms with Gasteiger partial charge in [0.05, 0.1) is 40.2 Å². The zero-order chi connectivity index (χ0) is 44.5. The maximum atomic E-state index is 13.6. The van der Waals surface area contributed by atoms with E-state index in [9.17, 15) is 14.2 Å². The Morgan fingerprint density at radius 3 is 2.45 bits per heavy atom. The molecule has 3 aromatic heterocycles. The first-order valence-corrected chi connectivity index (χ1v) is 25.6. The fourth-order valence-corrected chi connectivity index (χ4v) is 11.2. The van der Waals surface area contributed by atoms with Gasteiger partial charge in [-0.3, -0.25) is 29.5 Å². The number of anilines is 5. The molecule has 17 heteroatoms. The van der Waals surface area contributed by atoms with E-state index in [0.29, 0.717) is 46.6 Å². The van der Waals surface area contributed by atoms with Crippen LogP contribution in [-0.4, -0.2) is 119 Å². The number of benzene rings is 3. The maximum absolute atomic E-state index is 13.6. The molecule has 3 aromatic carbocycles. The van der Waals surface area contributed by atoms with Crippen LogP contribution in [0.25, 0.3) is 21.8 Å². The lowest BCUT2D eigenvalue weighted by Gasteiger charge is -2.43. The summed E-state index contributed by atoms with van der Waals surface area (Å²) in [4.78, 5) is 45.8. The van der Waals surface area contributed by atoms with Crippen molar-refractivity contribution in [2.45, 2.75) is 57.5 Å². The SMILES string of the molecule is CCc1cc(Nc2ncc(Br)c(Nc3cnc4ccccc4c3P(C)(C)=O)n2)c(OC)cc1N1CCC(N2CCN(CCc3ccc4nn(C5CCC(=O)NC5=O)cc4c3)CC2)CC1. The van der Waals surface area contributed by atoms with Gasteiger partial charge in [0.25, 0.3) is 5.91 Å². The average Bonchev–Trinajstić information content (AvgIpc) is 3.72. The summed E-state index contributed by atoms with van der Waals surface area (Å²) in [6.45, 7) is 13.0. The summed E-state index contributed by atoms with van der Waals surface area (Å²) in [6, 6.07) is 18.5. The van der Waals surface area contributed by atoms with E-state index in [1.807, 2.05) is 36.5 Å². The Bertz CT molecular complexity index is 2760. The van der Waals surface area contributed by atoms with Crippen molar-refractivity contribution in [2.24, 2.45) is 0 Å². The number of aromatic nitrogens is 5. The monoisotopic (exact) mass is 947 g/mol. The van der Waals surface area contributed by atoms with Gasteiger partial charge in [-0.2, -0.15) is 10.1 Å². The second kappa shape index (κ2) is 18.6. The van der Waals surface area contributed by atoms with E-state index in [1.165, 1.54) is 16.8 Å². The zero-order valence-corrected chi connectivity index (χ0v) is 39.3. The van der Waals surface area contributed by atoms with Crippen LogP contribution >= 0.6 is 23.1 Å². The lowest BCUT2D eigenvalue weighted by Crippen LogP contribution is -2.53. The summed E-state index contributed by atoms with van der Waals surface area (Å²) in [6.07, 6.45) is 10.2. The van der Waals surface area contributed by atoms with E-state index in [0.717, 1.165) is 104 Å². The van der Waals surface area contributed by atoms with Gasteiger partial charge < -0.3 is 29.7 Å². The maximum Gasteiger partial charge on any atom is 0.251 e. The number of nitrogens with one attached hydrogen (secondary N) is 3. The predicted octanol–water partition coefficient (Wildman–Crippen LogP) is 7.25. The molecule has 3 aliphatic rings. The van der Waals surface area contributed by atoms with Crippen LogP contribution in [0, 0.1) is 0 Å². The Hall–Kier alpha value is -5.41. The Morgan fingerprint density at radius 2 is 1.70 bits per heavy atom. The number of carbonyl (C=O) groups is 2. The number of hydrogen-bond acceptors (Lipinski definition) is 13. The van der Waals surface area contributed by atoms with Crippen molar-refractivity contribution in [1.82, 2.24) is 39.8 Å². The highest BCUT2D eigenvalue weighted by Gasteiger charge is 2.31. The van der Waals surface area contributed by atoms with Gasteiger partial charge in [-0.1, -0.05) is 31.2 Å². The number of fused-ring (bicyclic) bond motifs is 2. The molecule has 1 unspecified atom stereocenters. The number of piperazine rings is 1. The molecule has 2 amide bonds. The van der Waals surface area contributed by atoms with Crippen molar-refractivity contribution in [3.8, 4) is 5.75 Å². The molecule has 3 saturated heterocycles. The number of nitrogens with zero attached hydrogens (tertiary/aromatic N) is 8. The van der Waals surface area contributed by atoms with E-state index in [1.54, 1.807) is 37.5 Å². The first kappa shape index (κ1) is 43.8. The summed E-state index contributed by atoms with van der Waals surface area (Å²) in [5, 5.41) is 16.5. The summed E-state index contributed by atoms with van der Waals surface area (Å²) in [5.41, 5.74) is 6.76. The second-order valence-electron chi connectivity index (χ2n) is 17.4. The van der Waals surface area contributed by atoms with Crippen LogP contribution in [0.4, 0.5) is 28.8 Å². The number of methoxy groups -OCH3 is 1. The van der Waals surface area contributed by atoms with Crippen molar-refractivity contribution in [3.05, 3.63) is 88.8 Å². The number of aryl methyl sites for hydroxylation is 1. The first-order valence-electron chi connectivity index (χ1n) is 22.2. The normalized spacial score (nSPS) is 18.1. The number of imide groups is 1. The summed E-state index contributed by atoms with van der Waals surface area (Å²) in [5.74, 6) is 1.13. The molecule has 1 atom stereocenters. The van der Waals surface area contributed by atoms with E-state index in [-0.39, 0.29) is 11.8 Å². The molecule has 3 aliphatic heterocycles. The van der Waals surface area contributed by atoms with Gasteiger partial charge >= 0.3 is 0 Å². The highest BCUT2D eigenvalue weighted by Crippen LogP contribution is 2.42. The summed E-state index contributed by atoms with van der Waals surface area (Å²) >= 11 is 3.61. The average molecular weight is 949 g/mol. The number of halogens is 1. The van der Waals surface area contributed by atoms with Gasteiger partial charge in [-0.15, -0.1) is 0 Å². The third-order valence-corrected chi connectivity index (χ3v) is 15.0. The van der Waals surface area contributed by atoms with E-state index in [2.05, 4.69) is 92.8 Å². The first-order chi connectivity index (χ1) is 30.9. The molecular formula is C47H55BrN11O4P. The molecule has 3 fully saturated rings.